The summed E-state index contributed by atoms with van der Waals surface area (Å²) in [7, 11) is 0. The molecule has 0 unspecified atom stereocenters. The molecule has 0 aromatic heterocycles. The minimum atomic E-state index is 0.660. The number of rotatable bonds is 5. The second-order valence-electron chi connectivity index (χ2n) is 6.87. The van der Waals surface area contributed by atoms with Crippen molar-refractivity contribution in [3.63, 3.8) is 0 Å². The lowest BCUT2D eigenvalue weighted by atomic mass is 10.0. The van der Waals surface area contributed by atoms with E-state index in [4.69, 9.17) is 27.9 Å². The molecule has 0 saturated carbocycles. The van der Waals surface area contributed by atoms with Gasteiger partial charge in [0.25, 0.3) is 0 Å². The summed E-state index contributed by atoms with van der Waals surface area (Å²) in [6.45, 7) is 2.71. The van der Waals surface area contributed by atoms with Gasteiger partial charge >= 0.3 is 0 Å². The third kappa shape index (κ3) is 4.61. The lowest BCUT2D eigenvalue weighted by Crippen LogP contribution is -2.16. The zero-order valence-electron chi connectivity index (χ0n) is 15.5. The van der Waals surface area contributed by atoms with E-state index < -0.39 is 0 Å². The minimum absolute atomic E-state index is 0.660. The number of hydrogen-bond donors (Lipinski definition) is 2. The van der Waals surface area contributed by atoms with Crippen molar-refractivity contribution in [2.75, 3.05) is 18.4 Å². The van der Waals surface area contributed by atoms with Gasteiger partial charge in [-0.25, -0.2) is 0 Å². The molecular formula is C23H22Cl2N2O. The Morgan fingerprint density at radius 3 is 2.54 bits per heavy atom. The molecule has 3 aromatic rings. The number of ether oxygens (including phenoxy) is 1. The van der Waals surface area contributed by atoms with Crippen molar-refractivity contribution < 1.29 is 4.74 Å². The molecule has 144 valence electrons. The van der Waals surface area contributed by atoms with Gasteiger partial charge < -0.3 is 15.4 Å². The number of halogens is 2. The first-order valence-corrected chi connectivity index (χ1v) is 10.2. The molecule has 28 heavy (non-hydrogen) atoms. The molecule has 5 heteroatoms. The first kappa shape index (κ1) is 19.1. The molecule has 0 bridgehead atoms. The Bertz CT molecular complexity index is 957. The molecule has 0 spiro atoms. The molecule has 1 heterocycles. The van der Waals surface area contributed by atoms with Crippen LogP contribution in [0.1, 0.15) is 16.7 Å². The molecular weight excluding hydrogens is 391 g/mol. The Hall–Kier alpha value is -2.20. The second kappa shape index (κ2) is 8.87. The van der Waals surface area contributed by atoms with Crippen LogP contribution in [0.15, 0.2) is 60.7 Å². The summed E-state index contributed by atoms with van der Waals surface area (Å²) in [6.07, 6.45) is 2.03. The quantitative estimate of drug-likeness (QED) is 0.531. The minimum Gasteiger partial charge on any atom is -0.457 e. The van der Waals surface area contributed by atoms with Gasteiger partial charge in [-0.3, -0.25) is 0 Å². The fourth-order valence-electron chi connectivity index (χ4n) is 3.47. The van der Waals surface area contributed by atoms with E-state index in [1.165, 1.54) is 16.7 Å². The monoisotopic (exact) mass is 412 g/mol. The number of hydrogen-bond acceptors (Lipinski definition) is 3. The van der Waals surface area contributed by atoms with Crippen LogP contribution in [0.3, 0.4) is 0 Å². The predicted octanol–water partition coefficient (Wildman–Crippen LogP) is 6.09. The summed E-state index contributed by atoms with van der Waals surface area (Å²) < 4.78 is 5.85. The molecule has 3 aromatic carbocycles. The number of anilines is 1. The number of fused-ring (bicyclic) bond motifs is 1. The molecule has 0 fully saturated rings. The van der Waals surface area contributed by atoms with Gasteiger partial charge in [-0.15, -0.1) is 0 Å². The van der Waals surface area contributed by atoms with Crippen LogP contribution in [0.4, 0.5) is 5.69 Å². The average Bonchev–Trinajstić information content (AvgIpc) is 2.94. The average molecular weight is 413 g/mol. The van der Waals surface area contributed by atoms with Gasteiger partial charge in [-0.2, -0.15) is 0 Å². The summed E-state index contributed by atoms with van der Waals surface area (Å²) in [5, 5.41) is 8.43. The first-order valence-electron chi connectivity index (χ1n) is 9.46. The molecule has 0 saturated heterocycles. The predicted molar refractivity (Wildman–Crippen MR) is 117 cm³/mol. The third-order valence-electron chi connectivity index (χ3n) is 4.91. The van der Waals surface area contributed by atoms with Crippen LogP contribution in [0.25, 0.3) is 0 Å². The van der Waals surface area contributed by atoms with E-state index in [0.29, 0.717) is 11.6 Å². The van der Waals surface area contributed by atoms with E-state index in [0.717, 1.165) is 48.1 Å². The molecule has 0 atom stereocenters. The summed E-state index contributed by atoms with van der Waals surface area (Å²) in [5.41, 5.74) is 4.93. The zero-order valence-corrected chi connectivity index (χ0v) is 17.0. The van der Waals surface area contributed by atoms with Crippen molar-refractivity contribution >= 4 is 28.9 Å². The highest BCUT2D eigenvalue weighted by Gasteiger charge is 2.14. The molecule has 3 nitrogen and oxygen atoms in total. The maximum atomic E-state index is 6.50. The van der Waals surface area contributed by atoms with Gasteiger partial charge in [0.1, 0.15) is 11.5 Å². The van der Waals surface area contributed by atoms with Crippen LogP contribution in [0.2, 0.25) is 10.0 Å². The molecule has 1 aliphatic heterocycles. The molecule has 0 radical (unpaired) electrons. The third-order valence-corrected chi connectivity index (χ3v) is 5.46. The van der Waals surface area contributed by atoms with Crippen molar-refractivity contribution in [3.8, 4) is 11.5 Å². The number of benzene rings is 3. The highest BCUT2D eigenvalue weighted by Crippen LogP contribution is 2.31. The summed E-state index contributed by atoms with van der Waals surface area (Å²) in [6, 6.07) is 19.6. The van der Waals surface area contributed by atoms with E-state index in [1.807, 2.05) is 36.4 Å². The van der Waals surface area contributed by atoms with Crippen molar-refractivity contribution in [1.29, 1.82) is 0 Å². The summed E-state index contributed by atoms with van der Waals surface area (Å²) >= 11 is 12.5. The van der Waals surface area contributed by atoms with Crippen LogP contribution in [-0.4, -0.2) is 13.1 Å². The maximum Gasteiger partial charge on any atom is 0.128 e. The fourth-order valence-corrected chi connectivity index (χ4v) is 3.89. The smallest absolute Gasteiger partial charge is 0.128 e. The Morgan fingerprint density at radius 1 is 0.893 bits per heavy atom. The highest BCUT2D eigenvalue weighted by atomic mass is 35.5. The maximum absolute atomic E-state index is 6.50. The molecule has 0 aliphatic carbocycles. The fraction of sp³-hybridized carbons (Fsp3) is 0.217. The number of nitrogens with one attached hydrogen (secondary N) is 2. The van der Waals surface area contributed by atoms with Crippen molar-refractivity contribution in [2.24, 2.45) is 0 Å². The SMILES string of the molecule is Clc1cccc(Oc2ccc(CNc3c(Cl)ccc4c3CCNCC4)cc2)c1. The van der Waals surface area contributed by atoms with E-state index in [2.05, 4.69) is 28.8 Å². The van der Waals surface area contributed by atoms with Gasteiger partial charge in [0.15, 0.2) is 0 Å². The lowest BCUT2D eigenvalue weighted by Gasteiger charge is -2.16. The first-order chi connectivity index (χ1) is 13.7. The lowest BCUT2D eigenvalue weighted by molar-refractivity contribution is 0.482. The van der Waals surface area contributed by atoms with E-state index in [1.54, 1.807) is 6.07 Å². The molecule has 4 rings (SSSR count). The molecule has 1 aliphatic rings. The second-order valence-corrected chi connectivity index (χ2v) is 7.71. The van der Waals surface area contributed by atoms with Crippen LogP contribution in [0.5, 0.6) is 11.5 Å². The van der Waals surface area contributed by atoms with Gasteiger partial charge in [0, 0.05) is 11.6 Å². The van der Waals surface area contributed by atoms with E-state index >= 15 is 0 Å². The summed E-state index contributed by atoms with van der Waals surface area (Å²) in [5.74, 6) is 1.51. The van der Waals surface area contributed by atoms with E-state index in [9.17, 15) is 0 Å². The summed E-state index contributed by atoms with van der Waals surface area (Å²) in [4.78, 5) is 0. The molecule has 0 amide bonds. The zero-order chi connectivity index (χ0) is 19.3. The standard InChI is InChI=1S/C23H22Cl2N2O/c24-18-2-1-3-20(14-18)28-19-7-4-16(5-8-19)15-27-23-21-11-13-26-12-10-17(21)6-9-22(23)25/h1-9,14,26-27H,10-13,15H2. The Morgan fingerprint density at radius 2 is 1.71 bits per heavy atom. The van der Waals surface area contributed by atoms with Gasteiger partial charge in [0.2, 0.25) is 0 Å². The topological polar surface area (TPSA) is 33.3 Å². The van der Waals surface area contributed by atoms with Crippen LogP contribution >= 0.6 is 23.2 Å². The normalized spacial score (nSPS) is 13.5. The van der Waals surface area contributed by atoms with Gasteiger partial charge in [0.05, 0.1) is 10.7 Å². The van der Waals surface area contributed by atoms with Gasteiger partial charge in [-0.1, -0.05) is 47.5 Å². The van der Waals surface area contributed by atoms with Crippen molar-refractivity contribution in [1.82, 2.24) is 5.32 Å². The Balaban J connectivity index is 1.44. The Kier molecular flexibility index (Phi) is 6.06. The molecule has 2 N–H and O–H groups in total. The Labute approximate surface area is 175 Å². The largest absolute Gasteiger partial charge is 0.457 e. The van der Waals surface area contributed by atoms with Crippen LogP contribution in [-0.2, 0) is 19.4 Å². The van der Waals surface area contributed by atoms with Crippen LogP contribution in [0, 0.1) is 0 Å². The van der Waals surface area contributed by atoms with E-state index in [-0.39, 0.29) is 0 Å². The highest BCUT2D eigenvalue weighted by molar-refractivity contribution is 6.33. The van der Waals surface area contributed by atoms with Crippen molar-refractivity contribution in [3.05, 3.63) is 87.4 Å². The van der Waals surface area contributed by atoms with Crippen LogP contribution < -0.4 is 15.4 Å². The van der Waals surface area contributed by atoms with Gasteiger partial charge in [-0.05, 0) is 79.0 Å². The van der Waals surface area contributed by atoms with Crippen molar-refractivity contribution in [2.45, 2.75) is 19.4 Å².